The molecule has 5 fully saturated rings. The van der Waals surface area contributed by atoms with Crippen LogP contribution in [0, 0.1) is 17.8 Å². The number of amides is 1. The van der Waals surface area contributed by atoms with Gasteiger partial charge in [-0.25, -0.2) is 9.78 Å². The Morgan fingerprint density at radius 2 is 1.87 bits per heavy atom. The Balaban J connectivity index is 1.13. The van der Waals surface area contributed by atoms with Crippen LogP contribution in [0.4, 0.5) is 11.5 Å². The van der Waals surface area contributed by atoms with Crippen molar-refractivity contribution in [2.75, 3.05) is 36.5 Å². The van der Waals surface area contributed by atoms with Crippen LogP contribution in [0.15, 0.2) is 36.4 Å². The normalized spacial score (nSPS) is 31.8. The van der Waals surface area contributed by atoms with Crippen LogP contribution in [0.2, 0.25) is 0 Å². The van der Waals surface area contributed by atoms with Crippen molar-refractivity contribution >= 4 is 23.4 Å². The third-order valence-electron chi connectivity index (χ3n) is 9.21. The van der Waals surface area contributed by atoms with Crippen LogP contribution in [0.3, 0.4) is 0 Å². The van der Waals surface area contributed by atoms with E-state index in [0.717, 1.165) is 43.6 Å². The van der Waals surface area contributed by atoms with Gasteiger partial charge in [0.15, 0.2) is 0 Å². The molecule has 3 N–H and O–H groups in total. The number of rotatable bonds is 6. The van der Waals surface area contributed by atoms with E-state index < -0.39 is 11.6 Å². The number of carboxylic acid groups (broad SMARTS) is 1. The van der Waals surface area contributed by atoms with E-state index in [1.54, 1.807) is 18.2 Å². The fraction of sp³-hybridized carbons (Fsp3) is 0.552. The molecule has 4 bridgehead atoms. The fourth-order valence-corrected chi connectivity index (χ4v) is 7.74. The molecule has 202 valence electrons. The van der Waals surface area contributed by atoms with Crippen molar-refractivity contribution in [3.8, 4) is 5.75 Å². The lowest BCUT2D eigenvalue weighted by atomic mass is 9.52. The minimum atomic E-state index is -1.01. The summed E-state index contributed by atoms with van der Waals surface area (Å²) >= 11 is 0. The molecule has 2 heterocycles. The van der Waals surface area contributed by atoms with Gasteiger partial charge < -0.3 is 30.1 Å². The van der Waals surface area contributed by atoms with Gasteiger partial charge in [0, 0.05) is 37.4 Å². The predicted octanol–water partition coefficient (Wildman–Crippen LogP) is 3.17. The number of methoxy groups -OCH3 is 1. The third kappa shape index (κ3) is 4.46. The van der Waals surface area contributed by atoms with E-state index in [9.17, 15) is 19.8 Å². The zero-order valence-electron chi connectivity index (χ0n) is 22.0. The molecule has 4 aliphatic carbocycles. The summed E-state index contributed by atoms with van der Waals surface area (Å²) < 4.78 is 5.20. The molecule has 1 aromatic carbocycles. The van der Waals surface area contributed by atoms with Gasteiger partial charge in [-0.1, -0.05) is 6.07 Å². The van der Waals surface area contributed by atoms with Crippen LogP contribution in [-0.4, -0.2) is 71.5 Å². The highest BCUT2D eigenvalue weighted by atomic mass is 16.5. The van der Waals surface area contributed by atoms with Crippen LogP contribution in [0.5, 0.6) is 5.75 Å². The molecule has 4 saturated carbocycles. The first-order chi connectivity index (χ1) is 18.2. The summed E-state index contributed by atoms with van der Waals surface area (Å²) in [4.78, 5) is 34.1. The summed E-state index contributed by atoms with van der Waals surface area (Å²) in [5.74, 6) is 1.26. The molecule has 1 saturated heterocycles. The molecule has 3 atom stereocenters. The van der Waals surface area contributed by atoms with Crippen LogP contribution in [0.25, 0.3) is 0 Å². The van der Waals surface area contributed by atoms with Crippen LogP contribution in [0.1, 0.15) is 59.9 Å². The molecule has 0 unspecified atom stereocenters. The molecule has 38 heavy (non-hydrogen) atoms. The third-order valence-corrected chi connectivity index (χ3v) is 9.21. The number of hydrogen-bond donors (Lipinski definition) is 3. The van der Waals surface area contributed by atoms with E-state index in [2.05, 4.69) is 22.0 Å². The van der Waals surface area contributed by atoms with Crippen LogP contribution < -0.4 is 19.9 Å². The molecule has 1 aliphatic heterocycles. The number of carbonyl (C=O) groups excluding carboxylic acids is 1. The quantitative estimate of drug-likeness (QED) is 0.532. The van der Waals surface area contributed by atoms with E-state index in [-0.39, 0.29) is 23.6 Å². The van der Waals surface area contributed by atoms with Gasteiger partial charge in [0.05, 0.1) is 12.7 Å². The predicted molar refractivity (Wildman–Crippen MR) is 143 cm³/mol. The second-order valence-electron chi connectivity index (χ2n) is 11.8. The topological polar surface area (TPSA) is 115 Å². The maximum atomic E-state index is 13.3. The van der Waals surface area contributed by atoms with Crippen molar-refractivity contribution in [2.24, 2.45) is 17.8 Å². The Morgan fingerprint density at radius 3 is 2.53 bits per heavy atom. The first-order valence-electron chi connectivity index (χ1n) is 13.7. The summed E-state index contributed by atoms with van der Waals surface area (Å²) in [7, 11) is 1.47. The van der Waals surface area contributed by atoms with E-state index >= 15 is 0 Å². The summed E-state index contributed by atoms with van der Waals surface area (Å²) in [6.07, 6.45) is 4.71. The lowest BCUT2D eigenvalue weighted by Gasteiger charge is -2.58. The molecular weight excluding hydrogens is 484 g/mol. The van der Waals surface area contributed by atoms with Crippen molar-refractivity contribution in [2.45, 2.75) is 56.7 Å². The summed E-state index contributed by atoms with van der Waals surface area (Å²) in [6.45, 7) is 4.20. The fourth-order valence-electron chi connectivity index (χ4n) is 7.74. The number of hydrogen-bond acceptors (Lipinski definition) is 7. The van der Waals surface area contributed by atoms with Crippen molar-refractivity contribution in [3.05, 3.63) is 47.7 Å². The highest BCUT2D eigenvalue weighted by Crippen LogP contribution is 2.55. The number of pyridine rings is 1. The number of aromatic carboxylic acids is 1. The van der Waals surface area contributed by atoms with E-state index in [1.807, 2.05) is 18.2 Å². The van der Waals surface area contributed by atoms with Gasteiger partial charge in [0.25, 0.3) is 5.91 Å². The molecule has 9 heteroatoms. The van der Waals surface area contributed by atoms with E-state index in [1.165, 1.54) is 7.11 Å². The summed E-state index contributed by atoms with van der Waals surface area (Å²) in [5.41, 5.74) is 0.894. The molecule has 5 aliphatic rings. The standard InChI is InChI=1S/C29H36N4O5/c1-17-16-32(21-6-7-24(38-2)22(12-21)28(35)36)8-9-33(17)25-5-3-4-23(30-25)27(34)31-26-19-10-18-11-20(26)15-29(37,13-18)14-19/h3-7,12,17-20,26,37H,8-11,13-16H2,1-2H3,(H,31,34)(H,35,36)/t17-,18?,19-,20-,26?,29?/m1/s1. The number of ether oxygens (including phenoxy) is 1. The number of anilines is 2. The van der Waals surface area contributed by atoms with Gasteiger partial charge in [-0.15, -0.1) is 0 Å². The highest BCUT2D eigenvalue weighted by molar-refractivity contribution is 5.93. The molecule has 1 amide bonds. The molecular formula is C29H36N4O5. The lowest BCUT2D eigenvalue weighted by Crippen LogP contribution is -2.61. The number of aliphatic hydroxyl groups is 1. The molecule has 0 radical (unpaired) electrons. The monoisotopic (exact) mass is 520 g/mol. The number of carboxylic acids is 1. The lowest BCUT2D eigenvalue weighted by molar-refractivity contribution is -0.136. The number of piperazine rings is 1. The SMILES string of the molecule is COc1ccc(N2CCN(c3cccc(C(=O)NC4[C@@H]5CC6C[C@@H]4CC(O)(C6)C5)n3)[C@H](C)C2)cc1C(=O)O. The minimum Gasteiger partial charge on any atom is -0.496 e. The highest BCUT2D eigenvalue weighted by Gasteiger charge is 2.55. The number of benzene rings is 1. The molecule has 0 spiro atoms. The van der Waals surface area contributed by atoms with Gasteiger partial charge in [-0.05, 0) is 87.1 Å². The first-order valence-corrected chi connectivity index (χ1v) is 13.7. The molecule has 7 rings (SSSR count). The average molecular weight is 521 g/mol. The maximum absolute atomic E-state index is 13.3. The van der Waals surface area contributed by atoms with Crippen LogP contribution in [-0.2, 0) is 0 Å². The first kappa shape index (κ1) is 25.0. The van der Waals surface area contributed by atoms with Crippen LogP contribution >= 0.6 is 0 Å². The summed E-state index contributed by atoms with van der Waals surface area (Å²) in [6, 6.07) is 11.1. The van der Waals surface area contributed by atoms with Gasteiger partial charge in [-0.2, -0.15) is 0 Å². The molecule has 1 aromatic heterocycles. The Kier molecular flexibility index (Phi) is 6.21. The zero-order valence-corrected chi connectivity index (χ0v) is 22.0. The molecule has 9 nitrogen and oxygen atoms in total. The minimum absolute atomic E-state index is 0.107. The van der Waals surface area contributed by atoms with Gasteiger partial charge in [0.1, 0.15) is 22.8 Å². The molecule has 2 aromatic rings. The Labute approximate surface area is 222 Å². The Bertz CT molecular complexity index is 1240. The number of nitrogens with zero attached hydrogens (tertiary/aromatic N) is 3. The Hall–Kier alpha value is -3.33. The number of nitrogens with one attached hydrogen (secondary N) is 1. The number of carbonyl (C=O) groups is 2. The second kappa shape index (κ2) is 9.45. The average Bonchev–Trinajstić information content (AvgIpc) is 2.89. The van der Waals surface area contributed by atoms with Gasteiger partial charge in [-0.3, -0.25) is 4.79 Å². The van der Waals surface area contributed by atoms with Crippen molar-refractivity contribution < 1.29 is 24.5 Å². The van der Waals surface area contributed by atoms with Crippen molar-refractivity contribution in [1.29, 1.82) is 0 Å². The summed E-state index contributed by atoms with van der Waals surface area (Å²) in [5, 5.41) is 23.7. The van der Waals surface area contributed by atoms with Crippen molar-refractivity contribution in [1.82, 2.24) is 10.3 Å². The second-order valence-corrected chi connectivity index (χ2v) is 11.8. The number of aromatic nitrogens is 1. The van der Waals surface area contributed by atoms with E-state index in [4.69, 9.17) is 9.72 Å². The Morgan fingerprint density at radius 1 is 1.11 bits per heavy atom. The van der Waals surface area contributed by atoms with E-state index in [0.29, 0.717) is 48.8 Å². The zero-order chi connectivity index (χ0) is 26.6. The smallest absolute Gasteiger partial charge is 0.339 e. The van der Waals surface area contributed by atoms with Gasteiger partial charge >= 0.3 is 5.97 Å². The maximum Gasteiger partial charge on any atom is 0.339 e. The van der Waals surface area contributed by atoms with Crippen molar-refractivity contribution in [3.63, 3.8) is 0 Å². The largest absolute Gasteiger partial charge is 0.496 e. The van der Waals surface area contributed by atoms with Gasteiger partial charge in [0.2, 0.25) is 0 Å².